The summed E-state index contributed by atoms with van der Waals surface area (Å²) >= 11 is 0. The standard InChI is InChI=1S/C15H18F5N/c16-12-5-4-9(13(17)8-12)7-14(21)10-2-1-3-11(6-10)15(18,19)20/h4-5,8,10-11,14H,1-3,6-7,21H2. The lowest BCUT2D eigenvalue weighted by Gasteiger charge is -2.33. The lowest BCUT2D eigenvalue weighted by molar-refractivity contribution is -0.186. The fourth-order valence-electron chi connectivity index (χ4n) is 3.02. The van der Waals surface area contributed by atoms with Crippen LogP contribution in [0.5, 0.6) is 0 Å². The summed E-state index contributed by atoms with van der Waals surface area (Å²) in [6.07, 6.45) is -2.84. The molecule has 0 bridgehead atoms. The molecule has 6 heteroatoms. The number of hydrogen-bond donors (Lipinski definition) is 1. The molecular formula is C15H18F5N. The van der Waals surface area contributed by atoms with Crippen LogP contribution in [-0.4, -0.2) is 12.2 Å². The lowest BCUT2D eigenvalue weighted by Crippen LogP contribution is -2.39. The summed E-state index contributed by atoms with van der Waals surface area (Å²) in [4.78, 5) is 0. The summed E-state index contributed by atoms with van der Waals surface area (Å²) in [6, 6.07) is 2.65. The van der Waals surface area contributed by atoms with Crippen LogP contribution in [0.1, 0.15) is 31.2 Å². The largest absolute Gasteiger partial charge is 0.391 e. The minimum atomic E-state index is -4.19. The number of benzene rings is 1. The van der Waals surface area contributed by atoms with E-state index in [0.717, 1.165) is 12.1 Å². The highest BCUT2D eigenvalue weighted by atomic mass is 19.4. The molecule has 3 unspecified atom stereocenters. The first kappa shape index (κ1) is 16.2. The summed E-state index contributed by atoms with van der Waals surface area (Å²) in [7, 11) is 0. The van der Waals surface area contributed by atoms with Gasteiger partial charge in [0.15, 0.2) is 0 Å². The van der Waals surface area contributed by atoms with E-state index in [1.807, 2.05) is 0 Å². The molecule has 1 aliphatic rings. The molecule has 118 valence electrons. The minimum absolute atomic E-state index is 0.00647. The fraction of sp³-hybridized carbons (Fsp3) is 0.600. The number of nitrogens with two attached hydrogens (primary N) is 1. The van der Waals surface area contributed by atoms with E-state index < -0.39 is 29.8 Å². The maximum Gasteiger partial charge on any atom is 0.391 e. The van der Waals surface area contributed by atoms with Crippen LogP contribution >= 0.6 is 0 Å². The Balaban J connectivity index is 2.01. The molecule has 1 aliphatic carbocycles. The molecule has 0 aromatic heterocycles. The van der Waals surface area contributed by atoms with Gasteiger partial charge in [-0.15, -0.1) is 0 Å². The van der Waals surface area contributed by atoms with Crippen molar-refractivity contribution in [3.05, 3.63) is 35.4 Å². The highest BCUT2D eigenvalue weighted by molar-refractivity contribution is 5.19. The van der Waals surface area contributed by atoms with E-state index in [0.29, 0.717) is 12.8 Å². The Morgan fingerprint density at radius 2 is 1.90 bits per heavy atom. The Morgan fingerprint density at radius 1 is 1.19 bits per heavy atom. The molecular weight excluding hydrogens is 289 g/mol. The number of alkyl halides is 3. The Kier molecular flexibility index (Phi) is 4.86. The summed E-state index contributed by atoms with van der Waals surface area (Å²) in [5.41, 5.74) is 6.21. The van der Waals surface area contributed by atoms with Gasteiger partial charge in [0.25, 0.3) is 0 Å². The van der Waals surface area contributed by atoms with E-state index in [4.69, 9.17) is 5.73 Å². The molecule has 2 rings (SSSR count). The molecule has 0 aliphatic heterocycles. The molecule has 1 aromatic rings. The second kappa shape index (κ2) is 6.30. The molecule has 1 fully saturated rings. The molecule has 3 atom stereocenters. The Labute approximate surface area is 120 Å². The van der Waals surface area contributed by atoms with Gasteiger partial charge in [0.1, 0.15) is 11.6 Å². The van der Waals surface area contributed by atoms with Crippen molar-refractivity contribution < 1.29 is 22.0 Å². The predicted octanol–water partition coefficient (Wildman–Crippen LogP) is 4.20. The van der Waals surface area contributed by atoms with E-state index in [1.165, 1.54) is 6.07 Å². The van der Waals surface area contributed by atoms with Gasteiger partial charge in [0, 0.05) is 12.1 Å². The molecule has 0 heterocycles. The topological polar surface area (TPSA) is 26.0 Å². The molecule has 1 nitrogen and oxygen atoms in total. The smallest absolute Gasteiger partial charge is 0.327 e. The molecule has 0 amide bonds. The van der Waals surface area contributed by atoms with Crippen molar-refractivity contribution in [3.63, 3.8) is 0 Å². The van der Waals surface area contributed by atoms with Gasteiger partial charge >= 0.3 is 6.18 Å². The van der Waals surface area contributed by atoms with Gasteiger partial charge < -0.3 is 5.73 Å². The highest BCUT2D eigenvalue weighted by Crippen LogP contribution is 2.41. The third-order valence-corrected chi connectivity index (χ3v) is 4.25. The van der Waals surface area contributed by atoms with E-state index >= 15 is 0 Å². The van der Waals surface area contributed by atoms with E-state index in [2.05, 4.69) is 0 Å². The SMILES string of the molecule is NC(Cc1ccc(F)cc1F)C1CCCC(C(F)(F)F)C1. The van der Waals surface area contributed by atoms with Crippen molar-refractivity contribution >= 4 is 0 Å². The molecule has 1 aromatic carbocycles. The maximum absolute atomic E-state index is 13.6. The number of hydrogen-bond acceptors (Lipinski definition) is 1. The molecule has 21 heavy (non-hydrogen) atoms. The highest BCUT2D eigenvalue weighted by Gasteiger charge is 2.43. The van der Waals surface area contributed by atoms with Gasteiger partial charge in [-0.2, -0.15) is 13.2 Å². The van der Waals surface area contributed by atoms with E-state index in [9.17, 15) is 22.0 Å². The van der Waals surface area contributed by atoms with Gasteiger partial charge in [-0.3, -0.25) is 0 Å². The average molecular weight is 307 g/mol. The summed E-state index contributed by atoms with van der Waals surface area (Å²) in [5, 5.41) is 0. The molecule has 0 radical (unpaired) electrons. The molecule has 0 spiro atoms. The normalized spacial score (nSPS) is 24.9. The first-order chi connectivity index (χ1) is 9.77. The van der Waals surface area contributed by atoms with Gasteiger partial charge in [0.2, 0.25) is 0 Å². The second-order valence-electron chi connectivity index (χ2n) is 5.77. The van der Waals surface area contributed by atoms with Gasteiger partial charge in [0.05, 0.1) is 5.92 Å². The van der Waals surface area contributed by atoms with Crippen molar-refractivity contribution in [2.75, 3.05) is 0 Å². The van der Waals surface area contributed by atoms with Crippen LogP contribution in [0.25, 0.3) is 0 Å². The Morgan fingerprint density at radius 3 is 2.52 bits per heavy atom. The van der Waals surface area contributed by atoms with Crippen LogP contribution in [0.4, 0.5) is 22.0 Å². The van der Waals surface area contributed by atoms with Crippen LogP contribution in [0.3, 0.4) is 0 Å². The van der Waals surface area contributed by atoms with Crippen molar-refractivity contribution in [2.45, 2.75) is 44.3 Å². The zero-order valence-electron chi connectivity index (χ0n) is 11.5. The van der Waals surface area contributed by atoms with Crippen LogP contribution in [0, 0.1) is 23.5 Å². The summed E-state index contributed by atoms with van der Waals surface area (Å²) < 4.78 is 64.7. The third kappa shape index (κ3) is 4.15. The van der Waals surface area contributed by atoms with Crippen molar-refractivity contribution in [1.29, 1.82) is 0 Å². The second-order valence-corrected chi connectivity index (χ2v) is 5.77. The number of rotatable bonds is 3. The average Bonchev–Trinajstić information content (AvgIpc) is 2.41. The van der Waals surface area contributed by atoms with Crippen LogP contribution in [-0.2, 0) is 6.42 Å². The van der Waals surface area contributed by atoms with Crippen LogP contribution < -0.4 is 5.73 Å². The van der Waals surface area contributed by atoms with Gasteiger partial charge in [-0.25, -0.2) is 8.78 Å². The predicted molar refractivity (Wildman–Crippen MR) is 69.5 cm³/mol. The summed E-state index contributed by atoms with van der Waals surface area (Å²) in [5.74, 6) is -2.98. The first-order valence-electron chi connectivity index (χ1n) is 7.03. The number of halogens is 5. The molecule has 1 saturated carbocycles. The van der Waals surface area contributed by atoms with Gasteiger partial charge in [-0.1, -0.05) is 12.5 Å². The lowest BCUT2D eigenvalue weighted by atomic mass is 9.76. The van der Waals surface area contributed by atoms with Crippen LogP contribution in [0.2, 0.25) is 0 Å². The van der Waals surface area contributed by atoms with Crippen molar-refractivity contribution in [3.8, 4) is 0 Å². The summed E-state index contributed by atoms with van der Waals surface area (Å²) in [6.45, 7) is 0. The molecule has 2 N–H and O–H groups in total. The first-order valence-corrected chi connectivity index (χ1v) is 7.03. The minimum Gasteiger partial charge on any atom is -0.327 e. The van der Waals surface area contributed by atoms with E-state index in [-0.39, 0.29) is 30.7 Å². The monoisotopic (exact) mass is 307 g/mol. The zero-order valence-corrected chi connectivity index (χ0v) is 11.5. The molecule has 0 saturated heterocycles. The van der Waals surface area contributed by atoms with Gasteiger partial charge in [-0.05, 0) is 43.2 Å². The Bertz CT molecular complexity index is 485. The van der Waals surface area contributed by atoms with E-state index in [1.54, 1.807) is 0 Å². The zero-order chi connectivity index (χ0) is 15.6. The fourth-order valence-corrected chi connectivity index (χ4v) is 3.02. The quantitative estimate of drug-likeness (QED) is 0.832. The Hall–Kier alpha value is -1.17. The van der Waals surface area contributed by atoms with Crippen molar-refractivity contribution in [1.82, 2.24) is 0 Å². The van der Waals surface area contributed by atoms with Crippen molar-refractivity contribution in [2.24, 2.45) is 17.6 Å². The maximum atomic E-state index is 13.6. The van der Waals surface area contributed by atoms with Crippen LogP contribution in [0.15, 0.2) is 18.2 Å². The third-order valence-electron chi connectivity index (χ3n) is 4.25.